The van der Waals surface area contributed by atoms with Crippen LogP contribution in [0.5, 0.6) is 0 Å². The molecule has 0 radical (unpaired) electrons. The third-order valence-corrected chi connectivity index (χ3v) is 3.53. The molecule has 0 fully saturated rings. The van der Waals surface area contributed by atoms with Crippen molar-refractivity contribution in [2.75, 3.05) is 0 Å². The van der Waals surface area contributed by atoms with Crippen LogP contribution in [0.15, 0.2) is 35.7 Å². The number of thiophene rings is 1. The smallest absolute Gasteiger partial charge is 0.0415 e. The standard InChI is InChI=1S/C13H13ClS/c1-9(2)10-6-11(8-12(14)7-10)13-4-3-5-15-13/h3-9H,1-2H3. The van der Waals surface area contributed by atoms with Crippen molar-refractivity contribution in [2.24, 2.45) is 0 Å². The van der Waals surface area contributed by atoms with E-state index in [1.54, 1.807) is 11.3 Å². The first-order valence-corrected chi connectivity index (χ1v) is 6.27. The monoisotopic (exact) mass is 236 g/mol. The van der Waals surface area contributed by atoms with Gasteiger partial charge in [-0.05, 0) is 46.7 Å². The first-order chi connectivity index (χ1) is 7.16. The predicted molar refractivity (Wildman–Crippen MR) is 68.9 cm³/mol. The van der Waals surface area contributed by atoms with E-state index in [1.807, 2.05) is 12.1 Å². The molecule has 0 aliphatic rings. The summed E-state index contributed by atoms with van der Waals surface area (Å²) in [6, 6.07) is 10.5. The van der Waals surface area contributed by atoms with Gasteiger partial charge in [0.1, 0.15) is 0 Å². The fourth-order valence-electron chi connectivity index (χ4n) is 1.53. The van der Waals surface area contributed by atoms with Crippen LogP contribution in [0.3, 0.4) is 0 Å². The molecule has 0 aliphatic carbocycles. The molecule has 0 atom stereocenters. The molecule has 0 aliphatic heterocycles. The predicted octanol–water partition coefficient (Wildman–Crippen LogP) is 5.19. The summed E-state index contributed by atoms with van der Waals surface area (Å²) in [5.41, 5.74) is 2.52. The minimum atomic E-state index is 0.516. The second-order valence-electron chi connectivity index (χ2n) is 3.91. The van der Waals surface area contributed by atoms with Crippen molar-refractivity contribution in [3.63, 3.8) is 0 Å². The Balaban J connectivity index is 2.49. The first-order valence-electron chi connectivity index (χ1n) is 5.01. The molecule has 2 heteroatoms. The number of hydrogen-bond acceptors (Lipinski definition) is 1. The van der Waals surface area contributed by atoms with Crippen molar-refractivity contribution in [1.82, 2.24) is 0 Å². The van der Waals surface area contributed by atoms with E-state index in [2.05, 4.69) is 37.4 Å². The van der Waals surface area contributed by atoms with Crippen molar-refractivity contribution in [2.45, 2.75) is 19.8 Å². The molecular formula is C13H13ClS. The average molecular weight is 237 g/mol. The summed E-state index contributed by atoms with van der Waals surface area (Å²) >= 11 is 7.86. The molecule has 2 aromatic rings. The lowest BCUT2D eigenvalue weighted by atomic mass is 10.0. The third-order valence-electron chi connectivity index (χ3n) is 2.39. The second kappa shape index (κ2) is 4.38. The zero-order valence-electron chi connectivity index (χ0n) is 8.83. The SMILES string of the molecule is CC(C)c1cc(Cl)cc(-c2cccs2)c1. The normalized spacial score (nSPS) is 10.9. The molecule has 1 aromatic carbocycles. The molecule has 0 N–H and O–H groups in total. The summed E-state index contributed by atoms with van der Waals surface area (Å²) in [5.74, 6) is 0.516. The average Bonchev–Trinajstić information content (AvgIpc) is 2.69. The van der Waals surface area contributed by atoms with Gasteiger partial charge < -0.3 is 0 Å². The van der Waals surface area contributed by atoms with Crippen LogP contribution in [0, 0.1) is 0 Å². The van der Waals surface area contributed by atoms with Gasteiger partial charge in [-0.3, -0.25) is 0 Å². The lowest BCUT2D eigenvalue weighted by molar-refractivity contribution is 0.867. The topological polar surface area (TPSA) is 0 Å². The number of hydrogen-bond donors (Lipinski definition) is 0. The van der Waals surface area contributed by atoms with Crippen molar-refractivity contribution in [1.29, 1.82) is 0 Å². The van der Waals surface area contributed by atoms with Gasteiger partial charge in [-0.15, -0.1) is 11.3 Å². The zero-order valence-corrected chi connectivity index (χ0v) is 10.4. The van der Waals surface area contributed by atoms with Crippen LogP contribution in [0.1, 0.15) is 25.3 Å². The highest BCUT2D eigenvalue weighted by atomic mass is 35.5. The highest BCUT2D eigenvalue weighted by molar-refractivity contribution is 7.13. The molecule has 0 saturated heterocycles. The Bertz CT molecular complexity index is 444. The van der Waals surface area contributed by atoms with Gasteiger partial charge in [0.05, 0.1) is 0 Å². The van der Waals surface area contributed by atoms with Crippen molar-refractivity contribution in [3.05, 3.63) is 46.3 Å². The van der Waals surface area contributed by atoms with Crippen LogP contribution in [0.25, 0.3) is 10.4 Å². The third kappa shape index (κ3) is 2.42. The summed E-state index contributed by atoms with van der Waals surface area (Å²) in [5, 5.41) is 2.91. The molecule has 78 valence electrons. The van der Waals surface area contributed by atoms with Gasteiger partial charge in [-0.2, -0.15) is 0 Å². The van der Waals surface area contributed by atoms with E-state index in [-0.39, 0.29) is 0 Å². The Morgan fingerprint density at radius 3 is 2.60 bits per heavy atom. The summed E-state index contributed by atoms with van der Waals surface area (Å²) in [6.45, 7) is 4.37. The van der Waals surface area contributed by atoms with Gasteiger partial charge in [0.2, 0.25) is 0 Å². The maximum Gasteiger partial charge on any atom is 0.0415 e. The molecule has 0 saturated carbocycles. The lowest BCUT2D eigenvalue weighted by Gasteiger charge is -2.08. The van der Waals surface area contributed by atoms with E-state index in [0.717, 1.165) is 5.02 Å². The molecule has 0 unspecified atom stereocenters. The van der Waals surface area contributed by atoms with Crippen molar-refractivity contribution in [3.8, 4) is 10.4 Å². The van der Waals surface area contributed by atoms with E-state index in [1.165, 1.54) is 16.0 Å². The quantitative estimate of drug-likeness (QED) is 0.673. The fraction of sp³-hybridized carbons (Fsp3) is 0.231. The molecule has 1 heterocycles. The number of rotatable bonds is 2. The van der Waals surface area contributed by atoms with Gasteiger partial charge in [0.15, 0.2) is 0 Å². The molecular weight excluding hydrogens is 224 g/mol. The highest BCUT2D eigenvalue weighted by Crippen LogP contribution is 2.30. The van der Waals surface area contributed by atoms with Crippen LogP contribution in [-0.2, 0) is 0 Å². The number of halogens is 1. The summed E-state index contributed by atoms with van der Waals surface area (Å²) < 4.78 is 0. The molecule has 0 amide bonds. The Labute approximate surface area is 99.5 Å². The van der Waals surface area contributed by atoms with Gasteiger partial charge in [-0.1, -0.05) is 31.5 Å². The van der Waals surface area contributed by atoms with Crippen LogP contribution >= 0.6 is 22.9 Å². The Morgan fingerprint density at radius 1 is 1.20 bits per heavy atom. The van der Waals surface area contributed by atoms with E-state index < -0.39 is 0 Å². The molecule has 0 spiro atoms. The van der Waals surface area contributed by atoms with E-state index in [0.29, 0.717) is 5.92 Å². The molecule has 0 bridgehead atoms. The second-order valence-corrected chi connectivity index (χ2v) is 5.29. The molecule has 15 heavy (non-hydrogen) atoms. The summed E-state index contributed by atoms with van der Waals surface area (Å²) in [7, 11) is 0. The van der Waals surface area contributed by atoms with Gasteiger partial charge >= 0.3 is 0 Å². The molecule has 0 nitrogen and oxygen atoms in total. The van der Waals surface area contributed by atoms with Gasteiger partial charge in [-0.25, -0.2) is 0 Å². The lowest BCUT2D eigenvalue weighted by Crippen LogP contribution is -1.87. The summed E-state index contributed by atoms with van der Waals surface area (Å²) in [6.07, 6.45) is 0. The van der Waals surface area contributed by atoms with E-state index >= 15 is 0 Å². The Kier molecular flexibility index (Phi) is 3.13. The first kappa shape index (κ1) is 10.7. The van der Waals surface area contributed by atoms with Crippen LogP contribution < -0.4 is 0 Å². The van der Waals surface area contributed by atoms with Gasteiger partial charge in [0, 0.05) is 9.90 Å². The Hall–Kier alpha value is -0.790. The highest BCUT2D eigenvalue weighted by Gasteiger charge is 2.05. The fourth-order valence-corrected chi connectivity index (χ4v) is 2.49. The Morgan fingerprint density at radius 2 is 2.00 bits per heavy atom. The maximum absolute atomic E-state index is 6.12. The van der Waals surface area contributed by atoms with Crippen LogP contribution in [0.4, 0.5) is 0 Å². The number of benzene rings is 1. The van der Waals surface area contributed by atoms with Crippen LogP contribution in [-0.4, -0.2) is 0 Å². The van der Waals surface area contributed by atoms with E-state index in [4.69, 9.17) is 11.6 Å². The zero-order chi connectivity index (χ0) is 10.8. The largest absolute Gasteiger partial charge is 0.144 e. The minimum absolute atomic E-state index is 0.516. The van der Waals surface area contributed by atoms with Crippen LogP contribution in [0.2, 0.25) is 5.02 Å². The minimum Gasteiger partial charge on any atom is -0.144 e. The van der Waals surface area contributed by atoms with Crippen molar-refractivity contribution >= 4 is 22.9 Å². The van der Waals surface area contributed by atoms with Gasteiger partial charge in [0.25, 0.3) is 0 Å². The van der Waals surface area contributed by atoms with E-state index in [9.17, 15) is 0 Å². The van der Waals surface area contributed by atoms with Crippen molar-refractivity contribution < 1.29 is 0 Å². The molecule has 2 rings (SSSR count). The molecule has 1 aromatic heterocycles. The maximum atomic E-state index is 6.12. The summed E-state index contributed by atoms with van der Waals surface area (Å²) in [4.78, 5) is 1.28.